The second-order valence-corrected chi connectivity index (χ2v) is 4.68. The highest BCUT2D eigenvalue weighted by molar-refractivity contribution is 5.65. The summed E-state index contributed by atoms with van der Waals surface area (Å²) in [6, 6.07) is 0.367. The number of aromatic nitrogens is 3. The highest BCUT2D eigenvalue weighted by atomic mass is 15.3. The molecule has 0 saturated carbocycles. The molecule has 18 heavy (non-hydrogen) atoms. The van der Waals surface area contributed by atoms with E-state index in [-0.39, 0.29) is 0 Å². The van der Waals surface area contributed by atoms with E-state index in [0.717, 1.165) is 17.9 Å². The van der Waals surface area contributed by atoms with Crippen molar-refractivity contribution in [3.63, 3.8) is 0 Å². The second-order valence-electron chi connectivity index (χ2n) is 4.68. The first kappa shape index (κ1) is 12.6. The van der Waals surface area contributed by atoms with Crippen LogP contribution in [-0.4, -0.2) is 20.4 Å². The Morgan fingerprint density at radius 2 is 2.22 bits per heavy atom. The average Bonchev–Trinajstić information content (AvgIpc) is 2.83. The number of nitrogen functional groups attached to an aromatic ring is 1. The normalized spacial score (nSPS) is 12.9. The van der Waals surface area contributed by atoms with Gasteiger partial charge in [-0.15, -0.1) is 0 Å². The van der Waals surface area contributed by atoms with Crippen LogP contribution < -0.4 is 16.6 Å². The number of hydrogen-bond acceptors (Lipinski definition) is 5. The maximum Gasteiger partial charge on any atom is 0.180 e. The van der Waals surface area contributed by atoms with Gasteiger partial charge >= 0.3 is 0 Å². The highest BCUT2D eigenvalue weighted by Gasteiger charge is 2.14. The summed E-state index contributed by atoms with van der Waals surface area (Å²) in [4.78, 5) is 8.74. The van der Waals surface area contributed by atoms with Crippen LogP contribution >= 0.6 is 0 Å². The molecule has 2 aromatic rings. The SMILES string of the molecule is CCC(Nc1nc(NN)cn2ccnc12)C(C)C. The molecule has 0 bridgehead atoms. The predicted molar refractivity (Wildman–Crippen MR) is 73.3 cm³/mol. The molecule has 2 rings (SSSR count). The Balaban J connectivity index is 2.39. The van der Waals surface area contributed by atoms with E-state index in [9.17, 15) is 0 Å². The van der Waals surface area contributed by atoms with E-state index < -0.39 is 0 Å². The molecule has 0 amide bonds. The third kappa shape index (κ3) is 2.38. The Kier molecular flexibility index (Phi) is 3.66. The van der Waals surface area contributed by atoms with Crippen LogP contribution in [0, 0.1) is 5.92 Å². The summed E-state index contributed by atoms with van der Waals surface area (Å²) in [7, 11) is 0. The van der Waals surface area contributed by atoms with Crippen LogP contribution in [-0.2, 0) is 0 Å². The third-order valence-electron chi connectivity index (χ3n) is 3.09. The number of rotatable bonds is 5. The molecule has 1 atom stereocenters. The van der Waals surface area contributed by atoms with Crippen LogP contribution in [0.15, 0.2) is 18.6 Å². The summed E-state index contributed by atoms with van der Waals surface area (Å²) in [5, 5.41) is 3.44. The maximum absolute atomic E-state index is 5.43. The first-order valence-electron chi connectivity index (χ1n) is 6.22. The van der Waals surface area contributed by atoms with Crippen LogP contribution in [0.25, 0.3) is 5.65 Å². The molecule has 1 unspecified atom stereocenters. The molecule has 0 aliphatic carbocycles. The number of hydrogen-bond donors (Lipinski definition) is 3. The fraction of sp³-hybridized carbons (Fsp3) is 0.500. The number of nitrogens with zero attached hydrogens (tertiary/aromatic N) is 3. The van der Waals surface area contributed by atoms with Crippen LogP contribution in [0.2, 0.25) is 0 Å². The molecule has 0 aliphatic heterocycles. The van der Waals surface area contributed by atoms with Gasteiger partial charge in [-0.05, 0) is 12.3 Å². The van der Waals surface area contributed by atoms with E-state index in [1.807, 2.05) is 16.8 Å². The van der Waals surface area contributed by atoms with E-state index >= 15 is 0 Å². The van der Waals surface area contributed by atoms with E-state index in [1.165, 1.54) is 0 Å². The van der Waals surface area contributed by atoms with Crippen LogP contribution in [0.1, 0.15) is 27.2 Å². The minimum atomic E-state index is 0.367. The standard InChI is InChI=1S/C12H20N6/c1-4-9(8(2)3)15-11-12-14-5-6-18(12)7-10(16-11)17-13/h5-9,17H,4,13H2,1-3H3,(H,15,16). The zero-order chi connectivity index (χ0) is 13.1. The van der Waals surface area contributed by atoms with Crippen molar-refractivity contribution in [1.82, 2.24) is 14.4 Å². The summed E-state index contributed by atoms with van der Waals surface area (Å²) in [6.45, 7) is 6.54. The van der Waals surface area contributed by atoms with Crippen molar-refractivity contribution < 1.29 is 0 Å². The smallest absolute Gasteiger partial charge is 0.180 e. The lowest BCUT2D eigenvalue weighted by Crippen LogP contribution is -2.26. The number of hydrazine groups is 1. The summed E-state index contributed by atoms with van der Waals surface area (Å²) in [5.74, 6) is 7.33. The van der Waals surface area contributed by atoms with Crippen molar-refractivity contribution in [1.29, 1.82) is 0 Å². The number of anilines is 2. The van der Waals surface area contributed by atoms with Gasteiger partial charge in [-0.2, -0.15) is 0 Å². The average molecular weight is 248 g/mol. The van der Waals surface area contributed by atoms with Crippen molar-refractivity contribution in [2.75, 3.05) is 10.7 Å². The van der Waals surface area contributed by atoms with Gasteiger partial charge in [0.25, 0.3) is 0 Å². The van der Waals surface area contributed by atoms with Crippen molar-refractivity contribution in [2.45, 2.75) is 33.2 Å². The number of fused-ring (bicyclic) bond motifs is 1. The van der Waals surface area contributed by atoms with Gasteiger partial charge in [-0.1, -0.05) is 20.8 Å². The molecule has 0 radical (unpaired) electrons. The number of imidazole rings is 1. The van der Waals surface area contributed by atoms with Crippen molar-refractivity contribution >= 4 is 17.3 Å². The van der Waals surface area contributed by atoms with Crippen LogP contribution in [0.3, 0.4) is 0 Å². The Bertz CT molecular complexity index is 518. The molecule has 6 heteroatoms. The van der Waals surface area contributed by atoms with Gasteiger partial charge in [0, 0.05) is 18.4 Å². The zero-order valence-corrected chi connectivity index (χ0v) is 11.0. The predicted octanol–water partition coefficient (Wildman–Crippen LogP) is 1.86. The zero-order valence-electron chi connectivity index (χ0n) is 11.0. The van der Waals surface area contributed by atoms with Crippen molar-refractivity contribution in [3.05, 3.63) is 18.6 Å². The fourth-order valence-electron chi connectivity index (χ4n) is 2.01. The fourth-order valence-corrected chi connectivity index (χ4v) is 2.01. The largest absolute Gasteiger partial charge is 0.364 e. The minimum absolute atomic E-state index is 0.367. The lowest BCUT2D eigenvalue weighted by atomic mass is 10.0. The maximum atomic E-state index is 5.43. The molecular formula is C12H20N6. The van der Waals surface area contributed by atoms with Gasteiger partial charge < -0.3 is 15.1 Å². The molecule has 2 aromatic heterocycles. The van der Waals surface area contributed by atoms with Crippen LogP contribution in [0.4, 0.5) is 11.6 Å². The van der Waals surface area contributed by atoms with Gasteiger partial charge in [0.1, 0.15) is 0 Å². The van der Waals surface area contributed by atoms with Crippen LogP contribution in [0.5, 0.6) is 0 Å². The lowest BCUT2D eigenvalue weighted by molar-refractivity contribution is 0.510. The lowest BCUT2D eigenvalue weighted by Gasteiger charge is -2.21. The van der Waals surface area contributed by atoms with Crippen molar-refractivity contribution in [2.24, 2.45) is 11.8 Å². The minimum Gasteiger partial charge on any atom is -0.364 e. The topological polar surface area (TPSA) is 80.3 Å². The molecule has 98 valence electrons. The Morgan fingerprint density at radius 1 is 1.44 bits per heavy atom. The highest BCUT2D eigenvalue weighted by Crippen LogP contribution is 2.19. The molecule has 0 aliphatic rings. The Hall–Kier alpha value is -1.82. The van der Waals surface area contributed by atoms with Crippen molar-refractivity contribution in [3.8, 4) is 0 Å². The third-order valence-corrected chi connectivity index (χ3v) is 3.09. The number of nitrogens with one attached hydrogen (secondary N) is 2. The molecule has 0 saturated heterocycles. The van der Waals surface area contributed by atoms with E-state index in [2.05, 4.69) is 41.5 Å². The van der Waals surface area contributed by atoms with Gasteiger partial charge in [0.05, 0.1) is 6.20 Å². The van der Waals surface area contributed by atoms with Gasteiger partial charge in [0.2, 0.25) is 0 Å². The van der Waals surface area contributed by atoms with Gasteiger partial charge in [-0.3, -0.25) is 0 Å². The van der Waals surface area contributed by atoms with E-state index in [1.54, 1.807) is 6.20 Å². The summed E-state index contributed by atoms with van der Waals surface area (Å²) >= 11 is 0. The summed E-state index contributed by atoms with van der Waals surface area (Å²) in [5.41, 5.74) is 3.38. The molecule has 4 N–H and O–H groups in total. The Morgan fingerprint density at radius 3 is 2.83 bits per heavy atom. The molecule has 0 fully saturated rings. The molecule has 0 aromatic carbocycles. The second kappa shape index (κ2) is 5.22. The molecule has 6 nitrogen and oxygen atoms in total. The molecule has 0 spiro atoms. The quantitative estimate of drug-likeness (QED) is 0.556. The summed E-state index contributed by atoms with van der Waals surface area (Å²) in [6.07, 6.45) is 6.47. The van der Waals surface area contributed by atoms with E-state index in [4.69, 9.17) is 5.84 Å². The first-order valence-corrected chi connectivity index (χ1v) is 6.22. The van der Waals surface area contributed by atoms with E-state index in [0.29, 0.717) is 17.8 Å². The summed E-state index contributed by atoms with van der Waals surface area (Å²) < 4.78 is 1.90. The molecule has 2 heterocycles. The molecular weight excluding hydrogens is 228 g/mol. The number of nitrogens with two attached hydrogens (primary N) is 1. The first-order chi connectivity index (χ1) is 8.65. The van der Waals surface area contributed by atoms with Gasteiger partial charge in [0.15, 0.2) is 17.3 Å². The van der Waals surface area contributed by atoms with Gasteiger partial charge in [-0.25, -0.2) is 15.8 Å². The Labute approximate surface area is 107 Å². The monoisotopic (exact) mass is 248 g/mol.